The van der Waals surface area contributed by atoms with Gasteiger partial charge in [0.2, 0.25) is 0 Å². The van der Waals surface area contributed by atoms with Crippen molar-refractivity contribution in [1.82, 2.24) is 0 Å². The Balaban J connectivity index is 3.48. The number of thiol groups is 1. The van der Waals surface area contributed by atoms with Crippen LogP contribution >= 0.6 is 24.4 Å². The maximum Gasteiger partial charge on any atom is 0.335 e. The molecule has 0 aromatic carbocycles. The average molecular weight is 275 g/mol. The minimum absolute atomic E-state index is 0.292. The monoisotopic (exact) mass is 275 g/mol. The number of hydrogen-bond donors (Lipinski definition) is 2. The summed E-state index contributed by atoms with van der Waals surface area (Å²) in [4.78, 5) is 11.1. The minimum atomic E-state index is -1.07. The van der Waals surface area contributed by atoms with E-state index in [4.69, 9.17) is 4.74 Å². The fourth-order valence-electron chi connectivity index (χ4n) is 0.938. The second kappa shape index (κ2) is 9.91. The lowest BCUT2D eigenvalue weighted by molar-refractivity contribution is -0.159. The third kappa shape index (κ3) is 9.62. The first-order chi connectivity index (χ1) is 7.97. The molecule has 0 bridgehead atoms. The third-order valence-corrected chi connectivity index (χ3v) is 3.94. The zero-order valence-corrected chi connectivity index (χ0v) is 12.1. The highest BCUT2D eigenvalue weighted by molar-refractivity contribution is 8.10. The summed E-state index contributed by atoms with van der Waals surface area (Å²) < 4.78 is 5.09. The van der Waals surface area contributed by atoms with Gasteiger partial charge in [-0.2, -0.15) is 12.6 Å². The molecule has 0 aliphatic rings. The standard InChI is InChI=1S/C11H20BO3S2/c1-4-10(16)17-6-5-12-7-9(13)15-11(14)8(2)3/h9-10,13,16H,2,4-7H2,1,3H3. The van der Waals surface area contributed by atoms with Crippen LogP contribution in [0.4, 0.5) is 0 Å². The molecule has 0 aromatic rings. The molecule has 0 aliphatic carbocycles. The Kier molecular flexibility index (Phi) is 9.88. The Labute approximate surface area is 114 Å². The molecule has 2 unspecified atom stereocenters. The second-order valence-electron chi connectivity index (χ2n) is 3.69. The van der Waals surface area contributed by atoms with Gasteiger partial charge in [-0.25, -0.2) is 4.79 Å². The molecule has 0 aliphatic heterocycles. The Hall–Kier alpha value is -0.0651. The zero-order valence-electron chi connectivity index (χ0n) is 10.4. The lowest BCUT2D eigenvalue weighted by Gasteiger charge is -2.11. The normalized spacial score (nSPS) is 13.9. The quantitative estimate of drug-likeness (QED) is 0.169. The number of aliphatic hydroxyl groups is 1. The lowest BCUT2D eigenvalue weighted by Crippen LogP contribution is -2.19. The van der Waals surface area contributed by atoms with Crippen molar-refractivity contribution in [1.29, 1.82) is 0 Å². The summed E-state index contributed by atoms with van der Waals surface area (Å²) in [5.74, 6) is 0.407. The highest BCUT2D eigenvalue weighted by Gasteiger charge is 2.11. The van der Waals surface area contributed by atoms with E-state index in [9.17, 15) is 9.90 Å². The van der Waals surface area contributed by atoms with Gasteiger partial charge in [0.1, 0.15) is 7.28 Å². The van der Waals surface area contributed by atoms with Crippen molar-refractivity contribution in [3.8, 4) is 0 Å². The van der Waals surface area contributed by atoms with Crippen LogP contribution in [0.15, 0.2) is 12.2 Å². The Bertz CT molecular complexity index is 249. The first kappa shape index (κ1) is 16.9. The molecule has 3 nitrogen and oxygen atoms in total. The molecule has 0 aromatic heterocycles. The topological polar surface area (TPSA) is 46.5 Å². The van der Waals surface area contributed by atoms with E-state index in [1.807, 2.05) is 7.28 Å². The largest absolute Gasteiger partial charge is 0.433 e. The minimum Gasteiger partial charge on any atom is -0.433 e. The number of rotatable bonds is 9. The van der Waals surface area contributed by atoms with Crippen LogP contribution in [0.1, 0.15) is 20.3 Å². The highest BCUT2D eigenvalue weighted by Crippen LogP contribution is 2.18. The molecule has 1 N–H and O–H groups in total. The fourth-order valence-corrected chi connectivity index (χ4v) is 2.06. The smallest absolute Gasteiger partial charge is 0.335 e. The molecule has 0 rings (SSSR count). The van der Waals surface area contributed by atoms with Crippen LogP contribution < -0.4 is 0 Å². The predicted octanol–water partition coefficient (Wildman–Crippen LogP) is 2.36. The van der Waals surface area contributed by atoms with Gasteiger partial charge < -0.3 is 9.84 Å². The van der Waals surface area contributed by atoms with E-state index in [0.29, 0.717) is 16.5 Å². The third-order valence-electron chi connectivity index (χ3n) is 1.94. The van der Waals surface area contributed by atoms with Gasteiger partial charge in [-0.15, -0.1) is 11.8 Å². The van der Waals surface area contributed by atoms with E-state index >= 15 is 0 Å². The SMILES string of the molecule is C=C(C)C(=O)OC(O)C[B]CCSC(S)CC. The summed E-state index contributed by atoms with van der Waals surface area (Å²) in [5.41, 5.74) is 0.292. The Morgan fingerprint density at radius 2 is 2.29 bits per heavy atom. The van der Waals surface area contributed by atoms with E-state index in [1.54, 1.807) is 18.7 Å². The number of thioether (sulfide) groups is 1. The molecule has 97 valence electrons. The number of hydrogen-bond acceptors (Lipinski definition) is 5. The molecule has 0 spiro atoms. The number of ether oxygens (including phenoxy) is 1. The number of esters is 1. The van der Waals surface area contributed by atoms with Crippen molar-refractivity contribution in [2.75, 3.05) is 5.75 Å². The van der Waals surface area contributed by atoms with Gasteiger partial charge in [0.15, 0.2) is 6.29 Å². The number of aliphatic hydroxyl groups excluding tert-OH is 1. The lowest BCUT2D eigenvalue weighted by atomic mass is 9.71. The molecular formula is C11H20BO3S2. The van der Waals surface area contributed by atoms with Gasteiger partial charge in [0, 0.05) is 10.2 Å². The summed E-state index contributed by atoms with van der Waals surface area (Å²) in [7, 11) is 1.92. The second-order valence-corrected chi connectivity index (χ2v) is 5.97. The fraction of sp³-hybridized carbons (Fsp3) is 0.727. The predicted molar refractivity (Wildman–Crippen MR) is 77.8 cm³/mol. The van der Waals surface area contributed by atoms with Crippen molar-refractivity contribution in [3.63, 3.8) is 0 Å². The molecule has 0 heterocycles. The van der Waals surface area contributed by atoms with Gasteiger partial charge in [-0.1, -0.05) is 19.8 Å². The van der Waals surface area contributed by atoms with E-state index in [-0.39, 0.29) is 0 Å². The van der Waals surface area contributed by atoms with Crippen LogP contribution in [0.25, 0.3) is 0 Å². The summed E-state index contributed by atoms with van der Waals surface area (Å²) >= 11 is 6.14. The Morgan fingerprint density at radius 1 is 1.65 bits per heavy atom. The molecular weight excluding hydrogens is 255 g/mol. The van der Waals surface area contributed by atoms with Gasteiger partial charge in [-0.05, 0) is 25.4 Å². The molecule has 2 atom stereocenters. The molecule has 0 amide bonds. The van der Waals surface area contributed by atoms with Gasteiger partial charge in [-0.3, -0.25) is 0 Å². The van der Waals surface area contributed by atoms with Crippen LogP contribution in [0, 0.1) is 0 Å². The van der Waals surface area contributed by atoms with Crippen molar-refractivity contribution >= 4 is 37.6 Å². The van der Waals surface area contributed by atoms with E-state index in [0.717, 1.165) is 18.5 Å². The maximum atomic E-state index is 11.1. The van der Waals surface area contributed by atoms with E-state index in [1.165, 1.54) is 0 Å². The summed E-state index contributed by atoms with van der Waals surface area (Å²) in [5, 5.41) is 9.39. The first-order valence-electron chi connectivity index (χ1n) is 5.63. The molecule has 0 fully saturated rings. The van der Waals surface area contributed by atoms with Crippen LogP contribution in [-0.4, -0.2) is 35.0 Å². The van der Waals surface area contributed by atoms with Gasteiger partial charge >= 0.3 is 5.97 Å². The Morgan fingerprint density at radius 3 is 2.82 bits per heavy atom. The zero-order chi connectivity index (χ0) is 13.3. The van der Waals surface area contributed by atoms with Crippen LogP contribution in [-0.2, 0) is 9.53 Å². The molecule has 0 saturated heterocycles. The van der Waals surface area contributed by atoms with E-state index in [2.05, 4.69) is 26.1 Å². The van der Waals surface area contributed by atoms with Crippen molar-refractivity contribution in [2.24, 2.45) is 0 Å². The summed E-state index contributed by atoms with van der Waals surface area (Å²) in [6, 6.07) is 0. The first-order valence-corrected chi connectivity index (χ1v) is 7.19. The van der Waals surface area contributed by atoms with Crippen LogP contribution in [0.3, 0.4) is 0 Å². The van der Waals surface area contributed by atoms with Crippen LogP contribution in [0.2, 0.25) is 12.6 Å². The van der Waals surface area contributed by atoms with Crippen molar-refractivity contribution < 1.29 is 14.6 Å². The maximum absolute atomic E-state index is 11.1. The number of carbonyl (C=O) groups excluding carboxylic acids is 1. The molecule has 17 heavy (non-hydrogen) atoms. The summed E-state index contributed by atoms with van der Waals surface area (Å²) in [6.07, 6.45) is 1.18. The summed E-state index contributed by atoms with van der Waals surface area (Å²) in [6.45, 7) is 7.08. The van der Waals surface area contributed by atoms with Gasteiger partial charge in [0.05, 0.1) is 0 Å². The van der Waals surface area contributed by atoms with Crippen molar-refractivity contribution in [3.05, 3.63) is 12.2 Å². The van der Waals surface area contributed by atoms with E-state index < -0.39 is 12.3 Å². The van der Waals surface area contributed by atoms with Crippen molar-refractivity contribution in [2.45, 2.75) is 43.8 Å². The molecule has 0 saturated carbocycles. The molecule has 1 radical (unpaired) electrons. The van der Waals surface area contributed by atoms with Gasteiger partial charge in [0.25, 0.3) is 0 Å². The van der Waals surface area contributed by atoms with Crippen LogP contribution in [0.5, 0.6) is 0 Å². The highest BCUT2D eigenvalue weighted by atomic mass is 32.2. The number of carbonyl (C=O) groups is 1. The molecule has 6 heteroatoms. The average Bonchev–Trinajstić information content (AvgIpc) is 2.27.